The summed E-state index contributed by atoms with van der Waals surface area (Å²) in [6, 6.07) is 6.67. The molecular weight excluding hydrogens is 336 g/mol. The third kappa shape index (κ3) is 4.22. The number of nitrogens with zero attached hydrogens (tertiary/aromatic N) is 1. The van der Waals surface area contributed by atoms with Gasteiger partial charge in [-0.15, -0.1) is 0 Å². The molecule has 1 aromatic rings. The number of methoxy groups -OCH3 is 1. The Kier molecular flexibility index (Phi) is 5.73. The number of nitro groups is 1. The number of carbonyl (C=O) groups is 1. The van der Waals surface area contributed by atoms with Gasteiger partial charge in [-0.3, -0.25) is 20.2 Å². The molecule has 0 radical (unpaired) electrons. The molecule has 0 aliphatic carbocycles. The molecule has 1 aliphatic heterocycles. The molecule has 7 heteroatoms. The zero-order valence-corrected chi connectivity index (χ0v) is 16.2. The summed E-state index contributed by atoms with van der Waals surface area (Å²) < 4.78 is 11.1. The summed E-state index contributed by atoms with van der Waals surface area (Å²) in [4.78, 5) is 24.5. The monoisotopic (exact) mass is 364 g/mol. The third-order valence-corrected chi connectivity index (χ3v) is 4.82. The Morgan fingerprint density at radius 2 is 1.73 bits per heavy atom. The predicted molar refractivity (Wildman–Crippen MR) is 97.3 cm³/mol. The molecule has 1 fully saturated rings. The summed E-state index contributed by atoms with van der Waals surface area (Å²) in [6.07, 6.45) is 0. The molecule has 144 valence electrons. The van der Waals surface area contributed by atoms with E-state index in [9.17, 15) is 14.9 Å². The summed E-state index contributed by atoms with van der Waals surface area (Å²) >= 11 is 0. The van der Waals surface area contributed by atoms with Crippen LogP contribution in [-0.4, -0.2) is 41.3 Å². The molecule has 0 saturated carbocycles. The Bertz CT molecular complexity index is 654. The van der Waals surface area contributed by atoms with Crippen LogP contribution in [0.25, 0.3) is 0 Å². The van der Waals surface area contributed by atoms with E-state index < -0.39 is 41.2 Å². The van der Waals surface area contributed by atoms with E-state index in [4.69, 9.17) is 9.47 Å². The van der Waals surface area contributed by atoms with Crippen molar-refractivity contribution in [2.45, 2.75) is 63.9 Å². The van der Waals surface area contributed by atoms with E-state index in [0.717, 1.165) is 5.56 Å². The molecule has 1 aromatic carbocycles. The fraction of sp³-hybridized carbons (Fsp3) is 0.632. The lowest BCUT2D eigenvalue weighted by molar-refractivity contribution is -0.536. The Morgan fingerprint density at radius 3 is 2.19 bits per heavy atom. The van der Waals surface area contributed by atoms with Gasteiger partial charge in [-0.2, -0.15) is 0 Å². The molecule has 0 spiro atoms. The van der Waals surface area contributed by atoms with Gasteiger partial charge in [0.15, 0.2) is 0 Å². The fourth-order valence-electron chi connectivity index (χ4n) is 3.54. The molecule has 0 unspecified atom stereocenters. The van der Waals surface area contributed by atoms with Gasteiger partial charge >= 0.3 is 5.97 Å². The van der Waals surface area contributed by atoms with Gasteiger partial charge in [0.1, 0.15) is 17.7 Å². The minimum atomic E-state index is -1.02. The lowest BCUT2D eigenvalue weighted by Crippen LogP contribution is -2.51. The first-order valence-corrected chi connectivity index (χ1v) is 8.70. The molecule has 26 heavy (non-hydrogen) atoms. The van der Waals surface area contributed by atoms with E-state index in [-0.39, 0.29) is 4.92 Å². The normalized spacial score (nSPS) is 26.5. The predicted octanol–water partition coefficient (Wildman–Crippen LogP) is 2.73. The van der Waals surface area contributed by atoms with Crippen LogP contribution >= 0.6 is 0 Å². The first kappa shape index (κ1) is 20.3. The number of hydrogen-bond acceptors (Lipinski definition) is 6. The second-order valence-electron chi connectivity index (χ2n) is 8.18. The molecule has 0 amide bonds. The number of rotatable bonds is 5. The average molecular weight is 364 g/mol. The smallest absolute Gasteiger partial charge is 0.324 e. The summed E-state index contributed by atoms with van der Waals surface area (Å²) in [5, 5.41) is 15.1. The fourth-order valence-corrected chi connectivity index (χ4v) is 3.54. The maximum atomic E-state index is 12.8. The van der Waals surface area contributed by atoms with Crippen molar-refractivity contribution >= 4 is 5.97 Å². The van der Waals surface area contributed by atoms with Crippen molar-refractivity contribution in [3.63, 3.8) is 0 Å². The second kappa shape index (κ2) is 7.32. The van der Waals surface area contributed by atoms with Gasteiger partial charge in [-0.05, 0) is 40.2 Å². The van der Waals surface area contributed by atoms with Crippen molar-refractivity contribution in [2.24, 2.45) is 5.92 Å². The maximum Gasteiger partial charge on any atom is 0.324 e. The van der Waals surface area contributed by atoms with Gasteiger partial charge in [0.25, 0.3) is 0 Å². The van der Waals surface area contributed by atoms with Crippen LogP contribution in [0, 0.1) is 16.0 Å². The van der Waals surface area contributed by atoms with Crippen molar-refractivity contribution < 1.29 is 19.2 Å². The summed E-state index contributed by atoms with van der Waals surface area (Å²) in [5.41, 5.74) is -0.817. The molecule has 1 heterocycles. The third-order valence-electron chi connectivity index (χ3n) is 4.82. The highest BCUT2D eigenvalue weighted by molar-refractivity contribution is 5.77. The second-order valence-corrected chi connectivity index (χ2v) is 8.18. The minimum Gasteiger partial charge on any atom is -0.459 e. The lowest BCUT2D eigenvalue weighted by Gasteiger charge is -2.34. The molecule has 2 rings (SSSR count). The highest BCUT2D eigenvalue weighted by Crippen LogP contribution is 2.41. The topological polar surface area (TPSA) is 90.7 Å². The van der Waals surface area contributed by atoms with Crippen molar-refractivity contribution in [2.75, 3.05) is 7.11 Å². The molecule has 1 N–H and O–H groups in total. The maximum absolute atomic E-state index is 12.8. The first-order chi connectivity index (χ1) is 12.0. The minimum absolute atomic E-state index is 0.319. The van der Waals surface area contributed by atoms with Gasteiger partial charge in [-0.25, -0.2) is 0 Å². The Labute approximate surface area is 154 Å². The number of carbonyl (C=O) groups excluding carboxylic acids is 1. The van der Waals surface area contributed by atoms with Crippen LogP contribution in [0.3, 0.4) is 0 Å². The quantitative estimate of drug-likeness (QED) is 0.491. The van der Waals surface area contributed by atoms with E-state index in [1.807, 2.05) is 30.3 Å². The highest BCUT2D eigenvalue weighted by atomic mass is 16.6. The van der Waals surface area contributed by atoms with Crippen molar-refractivity contribution in [3.05, 3.63) is 46.0 Å². The molecule has 1 aliphatic rings. The van der Waals surface area contributed by atoms with Gasteiger partial charge in [0.2, 0.25) is 6.04 Å². The van der Waals surface area contributed by atoms with Gasteiger partial charge in [-0.1, -0.05) is 30.3 Å². The van der Waals surface area contributed by atoms with Crippen molar-refractivity contribution in [1.82, 2.24) is 5.32 Å². The van der Waals surface area contributed by atoms with E-state index in [1.54, 1.807) is 34.6 Å². The van der Waals surface area contributed by atoms with Gasteiger partial charge in [0, 0.05) is 12.0 Å². The van der Waals surface area contributed by atoms with E-state index >= 15 is 0 Å². The van der Waals surface area contributed by atoms with Crippen molar-refractivity contribution in [3.8, 4) is 0 Å². The van der Waals surface area contributed by atoms with Crippen LogP contribution in [0.2, 0.25) is 0 Å². The first-order valence-electron chi connectivity index (χ1n) is 8.70. The molecule has 0 aromatic heterocycles. The summed E-state index contributed by atoms with van der Waals surface area (Å²) in [7, 11) is 1.50. The van der Waals surface area contributed by atoms with Crippen LogP contribution in [0.4, 0.5) is 0 Å². The number of benzene rings is 1. The van der Waals surface area contributed by atoms with Gasteiger partial charge in [0.05, 0.1) is 11.5 Å². The van der Waals surface area contributed by atoms with Crippen LogP contribution in [0.5, 0.6) is 0 Å². The van der Waals surface area contributed by atoms with Crippen molar-refractivity contribution in [1.29, 1.82) is 0 Å². The SMILES string of the molecule is COC(C)(C)[C@@H]1[C@@H]([N+](=O)[O-])[C@@H](c2ccccc2)N[C@H]1C(=O)OC(C)(C)C. The molecule has 7 nitrogen and oxygen atoms in total. The summed E-state index contributed by atoms with van der Waals surface area (Å²) in [5.74, 6) is -1.19. The Hall–Kier alpha value is -1.99. The standard InChI is InChI=1S/C19H28N2O5/c1-18(2,3)26-17(22)15-13(19(4,5)25-6)16(21(23)24)14(20-15)12-10-8-7-9-11-12/h7-11,13-16,20H,1-6H3/t13-,14+,15+,16+/m0/s1. The van der Waals surface area contributed by atoms with Crippen LogP contribution in [0.15, 0.2) is 30.3 Å². The van der Waals surface area contributed by atoms with Crippen LogP contribution < -0.4 is 5.32 Å². The largest absolute Gasteiger partial charge is 0.459 e. The molecule has 0 bridgehead atoms. The number of hydrogen-bond donors (Lipinski definition) is 1. The van der Waals surface area contributed by atoms with Crippen LogP contribution in [0.1, 0.15) is 46.2 Å². The van der Waals surface area contributed by atoms with Crippen LogP contribution in [-0.2, 0) is 14.3 Å². The van der Waals surface area contributed by atoms with E-state index in [2.05, 4.69) is 5.32 Å². The highest BCUT2D eigenvalue weighted by Gasteiger charge is 2.60. The van der Waals surface area contributed by atoms with E-state index in [1.165, 1.54) is 7.11 Å². The molecular formula is C19H28N2O5. The summed E-state index contributed by atoms with van der Waals surface area (Å²) in [6.45, 7) is 8.85. The Morgan fingerprint density at radius 1 is 1.15 bits per heavy atom. The zero-order chi connectivity index (χ0) is 19.7. The number of ether oxygens (including phenoxy) is 2. The molecule has 1 saturated heterocycles. The molecule has 4 atom stereocenters. The number of esters is 1. The Balaban J connectivity index is 2.48. The lowest BCUT2D eigenvalue weighted by atomic mass is 9.79. The van der Waals surface area contributed by atoms with Gasteiger partial charge < -0.3 is 9.47 Å². The average Bonchev–Trinajstić information content (AvgIpc) is 2.96. The van der Waals surface area contributed by atoms with E-state index in [0.29, 0.717) is 0 Å². The zero-order valence-electron chi connectivity index (χ0n) is 16.2. The number of nitrogens with one attached hydrogen (secondary N) is 1.